The van der Waals surface area contributed by atoms with Crippen LogP contribution in [0.3, 0.4) is 0 Å². The summed E-state index contributed by atoms with van der Waals surface area (Å²) in [4.78, 5) is 30.1. The van der Waals surface area contributed by atoms with E-state index in [1.807, 2.05) is 4.90 Å². The zero-order valence-corrected chi connectivity index (χ0v) is 13.8. The minimum absolute atomic E-state index is 0.0698. The number of aromatic nitrogens is 3. The molecule has 4 rings (SSSR count). The summed E-state index contributed by atoms with van der Waals surface area (Å²) in [6, 6.07) is 6.09. The maximum atomic E-state index is 12.7. The fourth-order valence-corrected chi connectivity index (χ4v) is 3.32. The van der Waals surface area contributed by atoms with Crippen molar-refractivity contribution in [3.8, 4) is 0 Å². The molecule has 2 heterocycles. The van der Waals surface area contributed by atoms with Crippen LogP contribution in [0.5, 0.6) is 0 Å². The van der Waals surface area contributed by atoms with Crippen LogP contribution in [0.4, 0.5) is 0 Å². The molecule has 1 amide bonds. The number of rotatable bonds is 4. The first kappa shape index (κ1) is 15.8. The van der Waals surface area contributed by atoms with Crippen molar-refractivity contribution in [2.45, 2.75) is 37.5 Å². The molecule has 0 radical (unpaired) electrons. The van der Waals surface area contributed by atoms with Gasteiger partial charge in [0.05, 0.1) is 5.56 Å². The summed E-state index contributed by atoms with van der Waals surface area (Å²) in [6.07, 6.45) is 4.24. The van der Waals surface area contributed by atoms with Crippen molar-refractivity contribution in [1.29, 1.82) is 0 Å². The standard InChI is InChI=1S/C18H20N4O3/c23-17(12-5-7-13(8-6-12)18(24)25)22-9-1-2-14(10-22)16-19-15(20-21-16)11-3-4-11/h5-8,11,14H,1-4,9-10H2,(H,24,25)(H,19,20,21). The average Bonchev–Trinajstić information content (AvgIpc) is 3.38. The van der Waals surface area contributed by atoms with Crippen LogP contribution in [0, 0.1) is 0 Å². The summed E-state index contributed by atoms with van der Waals surface area (Å²) in [5.41, 5.74) is 0.695. The molecule has 1 saturated heterocycles. The van der Waals surface area contributed by atoms with Gasteiger partial charge in [0.15, 0.2) is 5.82 Å². The molecule has 1 atom stereocenters. The summed E-state index contributed by atoms with van der Waals surface area (Å²) >= 11 is 0. The Morgan fingerprint density at radius 3 is 2.48 bits per heavy atom. The molecule has 2 fully saturated rings. The Labute approximate surface area is 145 Å². The summed E-state index contributed by atoms with van der Waals surface area (Å²) in [7, 11) is 0. The number of carbonyl (C=O) groups excluding carboxylic acids is 1. The first-order valence-electron chi connectivity index (χ1n) is 8.66. The van der Waals surface area contributed by atoms with E-state index in [1.54, 1.807) is 12.1 Å². The molecule has 130 valence electrons. The van der Waals surface area contributed by atoms with Gasteiger partial charge in [-0.2, -0.15) is 5.10 Å². The number of piperidine rings is 1. The predicted octanol–water partition coefficient (Wildman–Crippen LogP) is 2.40. The van der Waals surface area contributed by atoms with Crippen molar-refractivity contribution in [1.82, 2.24) is 20.1 Å². The first-order valence-corrected chi connectivity index (χ1v) is 8.66. The van der Waals surface area contributed by atoms with Crippen LogP contribution in [0.15, 0.2) is 24.3 Å². The summed E-state index contributed by atoms with van der Waals surface area (Å²) < 4.78 is 0. The fourth-order valence-electron chi connectivity index (χ4n) is 3.32. The maximum absolute atomic E-state index is 12.7. The lowest BCUT2D eigenvalue weighted by atomic mass is 9.96. The Morgan fingerprint density at radius 2 is 1.80 bits per heavy atom. The third-order valence-electron chi connectivity index (χ3n) is 4.94. The van der Waals surface area contributed by atoms with E-state index in [1.165, 1.54) is 25.0 Å². The van der Waals surface area contributed by atoms with E-state index in [9.17, 15) is 9.59 Å². The predicted molar refractivity (Wildman–Crippen MR) is 89.6 cm³/mol. The van der Waals surface area contributed by atoms with Crippen LogP contribution < -0.4 is 0 Å². The van der Waals surface area contributed by atoms with E-state index in [2.05, 4.69) is 15.2 Å². The Balaban J connectivity index is 1.46. The van der Waals surface area contributed by atoms with Crippen LogP contribution in [0.25, 0.3) is 0 Å². The molecule has 7 heteroatoms. The molecule has 1 aliphatic heterocycles. The highest BCUT2D eigenvalue weighted by Gasteiger charge is 2.31. The quantitative estimate of drug-likeness (QED) is 0.890. The van der Waals surface area contributed by atoms with Crippen LogP contribution >= 0.6 is 0 Å². The Kier molecular flexibility index (Phi) is 3.99. The molecule has 2 aliphatic rings. The lowest BCUT2D eigenvalue weighted by molar-refractivity contribution is 0.0686. The van der Waals surface area contributed by atoms with Crippen molar-refractivity contribution < 1.29 is 14.7 Å². The molecular weight excluding hydrogens is 320 g/mol. The number of carbonyl (C=O) groups is 2. The molecule has 1 aromatic heterocycles. The summed E-state index contributed by atoms with van der Waals surface area (Å²) in [5, 5.41) is 16.4. The smallest absolute Gasteiger partial charge is 0.335 e. The number of hydrogen-bond donors (Lipinski definition) is 2. The Hall–Kier alpha value is -2.70. The van der Waals surface area contributed by atoms with Crippen molar-refractivity contribution in [3.05, 3.63) is 47.0 Å². The van der Waals surface area contributed by atoms with E-state index >= 15 is 0 Å². The molecule has 7 nitrogen and oxygen atoms in total. The SMILES string of the molecule is O=C(O)c1ccc(C(=O)N2CCCC(c3n[nH]c(C4CC4)n3)C2)cc1. The molecular formula is C18H20N4O3. The number of benzene rings is 1. The van der Waals surface area contributed by atoms with E-state index in [4.69, 9.17) is 5.11 Å². The van der Waals surface area contributed by atoms with E-state index in [0.29, 0.717) is 24.6 Å². The van der Waals surface area contributed by atoms with Crippen molar-refractivity contribution >= 4 is 11.9 Å². The van der Waals surface area contributed by atoms with Crippen LogP contribution in [0.1, 0.15) is 69.9 Å². The number of H-pyrrole nitrogens is 1. The highest BCUT2D eigenvalue weighted by molar-refractivity contribution is 5.96. The van der Waals surface area contributed by atoms with Gasteiger partial charge in [0.2, 0.25) is 0 Å². The number of aromatic carboxylic acids is 1. The van der Waals surface area contributed by atoms with E-state index < -0.39 is 5.97 Å². The van der Waals surface area contributed by atoms with Gasteiger partial charge in [-0.1, -0.05) is 0 Å². The molecule has 0 bridgehead atoms. The topological polar surface area (TPSA) is 99.2 Å². The third kappa shape index (κ3) is 3.26. The molecule has 2 aromatic rings. The van der Waals surface area contributed by atoms with Crippen molar-refractivity contribution in [2.24, 2.45) is 0 Å². The number of likely N-dealkylation sites (tertiary alicyclic amines) is 1. The lowest BCUT2D eigenvalue weighted by Crippen LogP contribution is -2.39. The zero-order chi connectivity index (χ0) is 17.4. The summed E-state index contributed by atoms with van der Waals surface area (Å²) in [5.74, 6) is 1.41. The molecule has 25 heavy (non-hydrogen) atoms. The van der Waals surface area contributed by atoms with Gasteiger partial charge in [0.1, 0.15) is 5.82 Å². The number of carboxylic acids is 1. The second-order valence-corrected chi connectivity index (χ2v) is 6.83. The Bertz CT molecular complexity index is 795. The van der Waals surface area contributed by atoms with Gasteiger partial charge in [-0.3, -0.25) is 9.89 Å². The van der Waals surface area contributed by atoms with Gasteiger partial charge in [-0.05, 0) is 49.9 Å². The second-order valence-electron chi connectivity index (χ2n) is 6.83. The monoisotopic (exact) mass is 340 g/mol. The fraction of sp³-hybridized carbons (Fsp3) is 0.444. The summed E-state index contributed by atoms with van der Waals surface area (Å²) in [6.45, 7) is 1.30. The number of hydrogen-bond acceptors (Lipinski definition) is 4. The first-order chi connectivity index (χ1) is 12.1. The number of nitrogens with zero attached hydrogens (tertiary/aromatic N) is 3. The maximum Gasteiger partial charge on any atom is 0.335 e. The number of carboxylic acid groups (broad SMARTS) is 1. The number of amides is 1. The molecule has 2 N–H and O–H groups in total. The normalized spacial score (nSPS) is 20.5. The minimum Gasteiger partial charge on any atom is -0.478 e. The van der Waals surface area contributed by atoms with E-state index in [-0.39, 0.29) is 17.4 Å². The van der Waals surface area contributed by atoms with Gasteiger partial charge in [-0.25, -0.2) is 9.78 Å². The molecule has 1 aromatic carbocycles. The van der Waals surface area contributed by atoms with Crippen LogP contribution in [-0.4, -0.2) is 50.2 Å². The van der Waals surface area contributed by atoms with Gasteiger partial charge in [0.25, 0.3) is 5.91 Å². The Morgan fingerprint density at radius 1 is 1.08 bits per heavy atom. The molecule has 0 spiro atoms. The second kappa shape index (κ2) is 6.31. The average molecular weight is 340 g/mol. The van der Waals surface area contributed by atoms with Crippen molar-refractivity contribution in [3.63, 3.8) is 0 Å². The van der Waals surface area contributed by atoms with Crippen LogP contribution in [-0.2, 0) is 0 Å². The number of aromatic amines is 1. The highest BCUT2D eigenvalue weighted by atomic mass is 16.4. The minimum atomic E-state index is -0.992. The van der Waals surface area contributed by atoms with Gasteiger partial charge < -0.3 is 10.0 Å². The molecule has 1 aliphatic carbocycles. The van der Waals surface area contributed by atoms with Crippen molar-refractivity contribution in [2.75, 3.05) is 13.1 Å². The van der Waals surface area contributed by atoms with Gasteiger partial charge >= 0.3 is 5.97 Å². The number of nitrogens with one attached hydrogen (secondary N) is 1. The third-order valence-corrected chi connectivity index (χ3v) is 4.94. The lowest BCUT2D eigenvalue weighted by Gasteiger charge is -2.31. The van der Waals surface area contributed by atoms with Gasteiger partial charge in [0, 0.05) is 30.5 Å². The van der Waals surface area contributed by atoms with Gasteiger partial charge in [-0.15, -0.1) is 0 Å². The zero-order valence-electron chi connectivity index (χ0n) is 13.8. The largest absolute Gasteiger partial charge is 0.478 e. The highest BCUT2D eigenvalue weighted by Crippen LogP contribution is 2.38. The van der Waals surface area contributed by atoms with E-state index in [0.717, 1.165) is 24.5 Å². The molecule has 1 unspecified atom stereocenters. The van der Waals surface area contributed by atoms with Crippen LogP contribution in [0.2, 0.25) is 0 Å². The molecule has 1 saturated carbocycles.